The Balaban J connectivity index is 4.89. The number of hydrogen-bond acceptors (Lipinski definition) is 8. The Bertz CT molecular complexity index is 282. The van der Waals surface area contributed by atoms with Gasteiger partial charge in [-0.15, -0.1) is 0 Å². The molecule has 0 N–H and O–H groups in total. The third kappa shape index (κ3) is 3.29. The maximum absolute atomic E-state index is 10.5. The zero-order valence-electron chi connectivity index (χ0n) is 9.10. The predicted octanol–water partition coefficient (Wildman–Crippen LogP) is -0.131. The lowest BCUT2D eigenvalue weighted by Crippen LogP contribution is -2.57. The van der Waals surface area contributed by atoms with Gasteiger partial charge >= 0.3 is 5.79 Å². The number of nitrogens with zero attached hydrogens (tertiary/aromatic N) is 3. The van der Waals surface area contributed by atoms with Crippen LogP contribution in [0.4, 0.5) is 0 Å². The SMILES string of the molecule is CCOC(C)OCC([N+](=O)[O-])([N+](=O)[O-])[N+](=O)[O-]. The lowest BCUT2D eigenvalue weighted by atomic mass is 10.4. The Morgan fingerprint density at radius 3 is 1.76 bits per heavy atom. The number of hydrogen-bond donors (Lipinski definition) is 0. The molecule has 0 saturated heterocycles. The monoisotopic (exact) mass is 253 g/mol. The molecule has 0 aliphatic heterocycles. The molecule has 1 atom stereocenters. The van der Waals surface area contributed by atoms with E-state index in [9.17, 15) is 30.3 Å². The molecular weight excluding hydrogens is 242 g/mol. The summed E-state index contributed by atoms with van der Waals surface area (Å²) in [5.41, 5.74) is 0. The molecule has 0 fully saturated rings. The van der Waals surface area contributed by atoms with Crippen molar-refractivity contribution in [2.45, 2.75) is 25.9 Å². The van der Waals surface area contributed by atoms with E-state index in [1.54, 1.807) is 6.92 Å². The maximum Gasteiger partial charge on any atom is 0.723 e. The van der Waals surface area contributed by atoms with Gasteiger partial charge < -0.3 is 9.47 Å². The van der Waals surface area contributed by atoms with E-state index in [1.165, 1.54) is 6.92 Å². The van der Waals surface area contributed by atoms with Gasteiger partial charge in [0.2, 0.25) is 0 Å². The van der Waals surface area contributed by atoms with Gasteiger partial charge in [0, 0.05) is 6.61 Å². The van der Waals surface area contributed by atoms with Crippen molar-refractivity contribution in [3.05, 3.63) is 30.3 Å². The second kappa shape index (κ2) is 6.00. The summed E-state index contributed by atoms with van der Waals surface area (Å²) in [5.74, 6) is -3.61. The van der Waals surface area contributed by atoms with Gasteiger partial charge in [0.1, 0.15) is 0 Å². The van der Waals surface area contributed by atoms with Crippen LogP contribution in [0.25, 0.3) is 0 Å². The first-order valence-electron chi connectivity index (χ1n) is 4.45. The van der Waals surface area contributed by atoms with Crippen molar-refractivity contribution in [2.24, 2.45) is 0 Å². The van der Waals surface area contributed by atoms with Crippen LogP contribution in [0.15, 0.2) is 0 Å². The summed E-state index contributed by atoms with van der Waals surface area (Å²) in [7, 11) is 0. The Morgan fingerprint density at radius 1 is 1.06 bits per heavy atom. The normalized spacial score (nSPS) is 13.1. The second-order valence-electron chi connectivity index (χ2n) is 2.88. The van der Waals surface area contributed by atoms with Gasteiger partial charge in [-0.1, -0.05) is 0 Å². The van der Waals surface area contributed by atoms with E-state index in [0.717, 1.165) is 0 Å². The molecule has 0 aromatic heterocycles. The zero-order chi connectivity index (χ0) is 13.6. The van der Waals surface area contributed by atoms with Gasteiger partial charge in [-0.25, -0.2) is 0 Å². The molecule has 0 aromatic carbocycles. The molecule has 0 radical (unpaired) electrons. The fourth-order valence-electron chi connectivity index (χ4n) is 0.870. The molecule has 0 aliphatic carbocycles. The van der Waals surface area contributed by atoms with Crippen LogP contribution in [0.2, 0.25) is 0 Å². The van der Waals surface area contributed by atoms with E-state index in [0.29, 0.717) is 0 Å². The lowest BCUT2D eigenvalue weighted by molar-refractivity contribution is -0.971. The molecule has 0 aliphatic rings. The van der Waals surface area contributed by atoms with Crippen LogP contribution in [-0.4, -0.2) is 40.1 Å². The van der Waals surface area contributed by atoms with E-state index >= 15 is 0 Å². The van der Waals surface area contributed by atoms with E-state index in [4.69, 9.17) is 4.74 Å². The predicted molar refractivity (Wildman–Crippen MR) is 50.8 cm³/mol. The Kier molecular flexibility index (Phi) is 5.34. The molecule has 0 amide bonds. The fourth-order valence-corrected chi connectivity index (χ4v) is 0.870. The minimum absolute atomic E-state index is 0.198. The zero-order valence-corrected chi connectivity index (χ0v) is 9.10. The number of nitro groups is 3. The van der Waals surface area contributed by atoms with Crippen molar-refractivity contribution in [3.8, 4) is 0 Å². The molecule has 0 rings (SSSR count). The summed E-state index contributed by atoms with van der Waals surface area (Å²) in [6.45, 7) is 1.79. The van der Waals surface area contributed by atoms with E-state index < -0.39 is 33.5 Å². The first-order valence-corrected chi connectivity index (χ1v) is 4.45. The minimum Gasteiger partial charge on any atom is -0.353 e. The topological polar surface area (TPSA) is 148 Å². The summed E-state index contributed by atoms with van der Waals surface area (Å²) < 4.78 is 9.37. The average Bonchev–Trinajstić information content (AvgIpc) is 2.17. The van der Waals surface area contributed by atoms with Crippen LogP contribution in [0.5, 0.6) is 0 Å². The summed E-state index contributed by atoms with van der Waals surface area (Å²) in [6, 6.07) is 0. The van der Waals surface area contributed by atoms with Gasteiger partial charge in [0.15, 0.2) is 21.1 Å². The third-order valence-corrected chi connectivity index (χ3v) is 1.79. The van der Waals surface area contributed by atoms with Crippen molar-refractivity contribution in [1.82, 2.24) is 0 Å². The van der Waals surface area contributed by atoms with E-state index in [2.05, 4.69) is 4.74 Å². The molecule has 0 bridgehead atoms. The fraction of sp³-hybridized carbons (Fsp3) is 1.00. The quantitative estimate of drug-likeness (QED) is 0.330. The Morgan fingerprint density at radius 2 is 1.47 bits per heavy atom. The standard InChI is InChI=1S/C6H11N3O8/c1-3-16-5(2)17-4-6(7(10)11,8(12)13)9(14)15/h5H,3-4H2,1-2H3. The third-order valence-electron chi connectivity index (χ3n) is 1.79. The summed E-state index contributed by atoms with van der Waals surface area (Å²) in [6.07, 6.45) is -1.01. The van der Waals surface area contributed by atoms with Crippen LogP contribution in [-0.2, 0) is 9.47 Å². The summed E-state index contributed by atoms with van der Waals surface area (Å²) in [5, 5.41) is 31.4. The van der Waals surface area contributed by atoms with Crippen molar-refractivity contribution in [1.29, 1.82) is 0 Å². The molecule has 98 valence electrons. The largest absolute Gasteiger partial charge is 0.723 e. The number of rotatable bonds is 8. The van der Waals surface area contributed by atoms with Gasteiger partial charge in [0.25, 0.3) is 6.61 Å². The molecule has 1 unspecified atom stereocenters. The second-order valence-corrected chi connectivity index (χ2v) is 2.88. The molecule has 0 heterocycles. The van der Waals surface area contributed by atoms with Crippen molar-refractivity contribution < 1.29 is 24.2 Å². The van der Waals surface area contributed by atoms with Crippen molar-refractivity contribution >= 4 is 0 Å². The first-order chi connectivity index (χ1) is 7.78. The molecule has 11 heteroatoms. The summed E-state index contributed by atoms with van der Waals surface area (Å²) in [4.78, 5) is 26.6. The Hall–Kier alpha value is -1.88. The van der Waals surface area contributed by atoms with Gasteiger partial charge in [-0.3, -0.25) is 30.3 Å². The molecule has 0 spiro atoms. The highest BCUT2D eigenvalue weighted by atomic mass is 16.8. The van der Waals surface area contributed by atoms with E-state index in [-0.39, 0.29) is 6.61 Å². The highest BCUT2D eigenvalue weighted by Gasteiger charge is 2.71. The number of ether oxygens (including phenoxy) is 2. The molecule has 0 saturated carbocycles. The molecular formula is C6H11N3O8. The highest BCUT2D eigenvalue weighted by molar-refractivity contribution is 4.52. The maximum atomic E-state index is 10.5. The Labute approximate surface area is 94.7 Å². The van der Waals surface area contributed by atoms with Crippen LogP contribution >= 0.6 is 0 Å². The average molecular weight is 253 g/mol. The molecule has 11 nitrogen and oxygen atoms in total. The van der Waals surface area contributed by atoms with Gasteiger partial charge in [0.05, 0.1) is 0 Å². The van der Waals surface area contributed by atoms with Crippen LogP contribution in [0.1, 0.15) is 13.8 Å². The van der Waals surface area contributed by atoms with Crippen molar-refractivity contribution in [3.63, 3.8) is 0 Å². The van der Waals surface area contributed by atoms with Crippen LogP contribution in [0, 0.1) is 30.3 Å². The lowest BCUT2D eigenvalue weighted by Gasteiger charge is -2.13. The molecule has 0 aromatic rings. The smallest absolute Gasteiger partial charge is 0.353 e. The highest BCUT2D eigenvalue weighted by Crippen LogP contribution is 2.14. The van der Waals surface area contributed by atoms with Crippen LogP contribution in [0.3, 0.4) is 0 Å². The summed E-state index contributed by atoms with van der Waals surface area (Å²) >= 11 is 0. The van der Waals surface area contributed by atoms with Crippen molar-refractivity contribution in [2.75, 3.05) is 13.2 Å². The van der Waals surface area contributed by atoms with Gasteiger partial charge in [-0.2, -0.15) is 0 Å². The minimum atomic E-state index is -3.61. The van der Waals surface area contributed by atoms with Crippen LogP contribution < -0.4 is 0 Å². The first kappa shape index (κ1) is 15.1. The molecule has 17 heavy (non-hydrogen) atoms. The van der Waals surface area contributed by atoms with Gasteiger partial charge in [-0.05, 0) is 13.8 Å². The van der Waals surface area contributed by atoms with E-state index in [1.807, 2.05) is 0 Å².